The second-order valence-electron chi connectivity index (χ2n) is 5.38. The topological polar surface area (TPSA) is 39.2 Å². The molecule has 0 fully saturated rings. The van der Waals surface area contributed by atoms with Crippen LogP contribution >= 0.6 is 0 Å². The van der Waals surface area contributed by atoms with Crippen LogP contribution in [0, 0.1) is 6.92 Å². The summed E-state index contributed by atoms with van der Waals surface area (Å²) in [7, 11) is 0. The third kappa shape index (κ3) is 2.57. The molecule has 3 aromatic rings. The number of rotatable bonds is 3. The number of allylic oxidation sites excluding steroid dienone is 3. The van der Waals surface area contributed by atoms with E-state index in [-0.39, 0.29) is 0 Å². The molecule has 0 aliphatic carbocycles. The van der Waals surface area contributed by atoms with Crippen molar-refractivity contribution < 1.29 is 4.42 Å². The first-order valence-corrected chi connectivity index (χ1v) is 7.15. The summed E-state index contributed by atoms with van der Waals surface area (Å²) in [6, 6.07) is 12.6. The highest BCUT2D eigenvalue weighted by atomic mass is 16.3. The van der Waals surface area contributed by atoms with Crippen molar-refractivity contribution >= 4 is 21.9 Å². The maximum atomic E-state index is 5.91. The summed E-state index contributed by atoms with van der Waals surface area (Å²) in [6.07, 6.45) is 6.59. The van der Waals surface area contributed by atoms with Gasteiger partial charge in [-0.3, -0.25) is 0 Å². The van der Waals surface area contributed by atoms with Crippen LogP contribution in [0.4, 0.5) is 0 Å². The van der Waals surface area contributed by atoms with E-state index in [0.29, 0.717) is 0 Å². The highest BCUT2D eigenvalue weighted by molar-refractivity contribution is 6.05. The lowest BCUT2D eigenvalue weighted by Crippen LogP contribution is -1.88. The van der Waals surface area contributed by atoms with Crippen LogP contribution in [0.5, 0.6) is 0 Å². The molecule has 0 spiro atoms. The fourth-order valence-corrected chi connectivity index (χ4v) is 2.63. The van der Waals surface area contributed by atoms with Gasteiger partial charge in [-0.15, -0.1) is 0 Å². The van der Waals surface area contributed by atoms with E-state index in [4.69, 9.17) is 10.2 Å². The van der Waals surface area contributed by atoms with E-state index in [9.17, 15) is 0 Å². The summed E-state index contributed by atoms with van der Waals surface area (Å²) in [5.74, 6) is 0. The fraction of sp³-hybridized carbons (Fsp3) is 0.158. The van der Waals surface area contributed by atoms with Gasteiger partial charge in [0.1, 0.15) is 11.2 Å². The molecule has 0 bridgehead atoms. The van der Waals surface area contributed by atoms with Crippen LogP contribution < -0.4 is 5.73 Å². The average Bonchev–Trinajstić information content (AvgIpc) is 2.82. The molecule has 2 aromatic carbocycles. The number of nitrogens with two attached hydrogens (primary N) is 1. The first-order valence-electron chi connectivity index (χ1n) is 7.15. The minimum atomic E-state index is 0.900. The smallest absolute Gasteiger partial charge is 0.135 e. The number of hydrogen-bond acceptors (Lipinski definition) is 2. The summed E-state index contributed by atoms with van der Waals surface area (Å²) in [5.41, 5.74) is 11.1. The van der Waals surface area contributed by atoms with Crippen molar-refractivity contribution in [2.45, 2.75) is 20.3 Å². The maximum Gasteiger partial charge on any atom is 0.135 e. The Bertz CT molecular complexity index is 853. The van der Waals surface area contributed by atoms with Crippen molar-refractivity contribution in [1.82, 2.24) is 0 Å². The van der Waals surface area contributed by atoms with E-state index in [1.807, 2.05) is 24.3 Å². The molecule has 0 atom stereocenters. The number of furan rings is 1. The minimum absolute atomic E-state index is 0.900. The third-order valence-electron chi connectivity index (χ3n) is 3.84. The molecule has 1 heterocycles. The lowest BCUT2D eigenvalue weighted by atomic mass is 10.0. The minimum Gasteiger partial charge on any atom is -0.456 e. The molecular weight excluding hydrogens is 258 g/mol. The molecule has 0 saturated heterocycles. The van der Waals surface area contributed by atoms with E-state index in [2.05, 4.69) is 38.1 Å². The SMILES string of the molecule is CC(/C=C\N)=C/Cc1cc2c(cc1C)oc1ccccc12. The molecule has 0 aliphatic rings. The van der Waals surface area contributed by atoms with E-state index < -0.39 is 0 Å². The molecule has 0 unspecified atom stereocenters. The highest BCUT2D eigenvalue weighted by Gasteiger charge is 2.08. The lowest BCUT2D eigenvalue weighted by molar-refractivity contribution is 0.668. The molecule has 0 amide bonds. The summed E-state index contributed by atoms with van der Waals surface area (Å²) in [5, 5.41) is 2.36. The van der Waals surface area contributed by atoms with Crippen LogP contribution in [0.3, 0.4) is 0 Å². The average molecular weight is 277 g/mol. The summed E-state index contributed by atoms with van der Waals surface area (Å²) < 4.78 is 5.91. The Kier molecular flexibility index (Phi) is 3.53. The number of hydrogen-bond donors (Lipinski definition) is 1. The Hall–Kier alpha value is -2.48. The zero-order chi connectivity index (χ0) is 14.8. The number of aryl methyl sites for hydroxylation is 1. The normalized spacial score (nSPS) is 12.8. The van der Waals surface area contributed by atoms with Crippen molar-refractivity contribution in [3.8, 4) is 0 Å². The number of fused-ring (bicyclic) bond motifs is 3. The molecule has 0 saturated carbocycles. The Morgan fingerprint density at radius 3 is 2.76 bits per heavy atom. The molecule has 3 rings (SSSR count). The van der Waals surface area contributed by atoms with Crippen molar-refractivity contribution in [2.75, 3.05) is 0 Å². The standard InChI is InChI=1S/C19H19NO/c1-13(9-10-20)7-8-15-12-17-16-5-3-4-6-18(16)21-19(17)11-14(15)2/h3-7,9-12H,8,20H2,1-2H3/b10-9-,13-7-. The van der Waals surface area contributed by atoms with Gasteiger partial charge in [-0.25, -0.2) is 0 Å². The zero-order valence-electron chi connectivity index (χ0n) is 12.4. The van der Waals surface area contributed by atoms with Crippen LogP contribution in [0.1, 0.15) is 18.1 Å². The number of benzene rings is 2. The third-order valence-corrected chi connectivity index (χ3v) is 3.84. The first kappa shape index (κ1) is 13.5. The van der Waals surface area contributed by atoms with Gasteiger partial charge in [0.25, 0.3) is 0 Å². The quantitative estimate of drug-likeness (QED) is 0.695. The zero-order valence-corrected chi connectivity index (χ0v) is 12.4. The predicted molar refractivity (Wildman–Crippen MR) is 89.2 cm³/mol. The van der Waals surface area contributed by atoms with Crippen LogP contribution in [-0.4, -0.2) is 0 Å². The summed E-state index contributed by atoms with van der Waals surface area (Å²) in [6.45, 7) is 4.19. The lowest BCUT2D eigenvalue weighted by Gasteiger charge is -2.03. The van der Waals surface area contributed by atoms with Gasteiger partial charge >= 0.3 is 0 Å². The van der Waals surface area contributed by atoms with Gasteiger partial charge in [-0.1, -0.05) is 29.8 Å². The first-order chi connectivity index (χ1) is 10.2. The highest BCUT2D eigenvalue weighted by Crippen LogP contribution is 2.30. The molecule has 0 aliphatic heterocycles. The molecule has 1 aromatic heterocycles. The van der Waals surface area contributed by atoms with Crippen molar-refractivity contribution in [2.24, 2.45) is 5.73 Å². The van der Waals surface area contributed by atoms with Gasteiger partial charge in [0.15, 0.2) is 0 Å². The Morgan fingerprint density at radius 2 is 1.95 bits per heavy atom. The molecule has 2 heteroatoms. The molecule has 21 heavy (non-hydrogen) atoms. The Labute approximate surface area is 124 Å². The van der Waals surface area contributed by atoms with Crippen LogP contribution in [0.15, 0.2) is 64.7 Å². The second kappa shape index (κ2) is 5.49. The van der Waals surface area contributed by atoms with Gasteiger partial charge in [0.05, 0.1) is 0 Å². The van der Waals surface area contributed by atoms with Gasteiger partial charge in [-0.05, 0) is 61.9 Å². The molecule has 2 N–H and O–H groups in total. The van der Waals surface area contributed by atoms with Gasteiger partial charge in [0.2, 0.25) is 0 Å². The summed E-state index contributed by atoms with van der Waals surface area (Å²) >= 11 is 0. The van der Waals surface area contributed by atoms with Crippen LogP contribution in [0.2, 0.25) is 0 Å². The van der Waals surface area contributed by atoms with E-state index in [0.717, 1.165) is 17.6 Å². The summed E-state index contributed by atoms with van der Waals surface area (Å²) in [4.78, 5) is 0. The monoisotopic (exact) mass is 277 g/mol. The van der Waals surface area contributed by atoms with Crippen molar-refractivity contribution in [3.63, 3.8) is 0 Å². The van der Waals surface area contributed by atoms with Gasteiger partial charge < -0.3 is 10.2 Å². The maximum absolute atomic E-state index is 5.91. The Balaban J connectivity index is 2.09. The molecule has 2 nitrogen and oxygen atoms in total. The predicted octanol–water partition coefficient (Wildman–Crippen LogP) is 4.86. The molecule has 0 radical (unpaired) electrons. The second-order valence-corrected chi connectivity index (χ2v) is 5.38. The van der Waals surface area contributed by atoms with Crippen LogP contribution in [0.25, 0.3) is 21.9 Å². The van der Waals surface area contributed by atoms with Crippen LogP contribution in [-0.2, 0) is 6.42 Å². The van der Waals surface area contributed by atoms with Crippen molar-refractivity contribution in [3.05, 3.63) is 71.5 Å². The van der Waals surface area contributed by atoms with Gasteiger partial charge in [-0.2, -0.15) is 0 Å². The fourth-order valence-electron chi connectivity index (χ4n) is 2.63. The largest absolute Gasteiger partial charge is 0.456 e. The molecule has 106 valence electrons. The Morgan fingerprint density at radius 1 is 1.14 bits per heavy atom. The van der Waals surface area contributed by atoms with E-state index >= 15 is 0 Å². The van der Waals surface area contributed by atoms with E-state index in [1.54, 1.807) is 6.20 Å². The van der Waals surface area contributed by atoms with E-state index in [1.165, 1.54) is 27.5 Å². The van der Waals surface area contributed by atoms with Gasteiger partial charge in [0, 0.05) is 10.8 Å². The van der Waals surface area contributed by atoms with Crippen molar-refractivity contribution in [1.29, 1.82) is 0 Å². The molecular formula is C19H19NO. The number of para-hydroxylation sites is 1.